The Labute approximate surface area is 134 Å². The summed E-state index contributed by atoms with van der Waals surface area (Å²) in [4.78, 5) is 23.1. The van der Waals surface area contributed by atoms with E-state index in [1.165, 1.54) is 0 Å². The lowest BCUT2D eigenvalue weighted by atomic mass is 10.3. The molecule has 1 heterocycles. The Morgan fingerprint density at radius 2 is 1.92 bits per heavy atom. The molecule has 0 fully saturated rings. The Kier molecular flexibility index (Phi) is 4.95. The van der Waals surface area contributed by atoms with Gasteiger partial charge in [-0.1, -0.05) is 0 Å². The van der Waals surface area contributed by atoms with Gasteiger partial charge in [-0.05, 0) is 24.3 Å². The minimum atomic E-state index is -4.13. The second kappa shape index (κ2) is 6.76. The number of halogens is 2. The molecule has 2 aromatic rings. The number of hydrogen-bond acceptors (Lipinski definition) is 6. The quantitative estimate of drug-likeness (QED) is 0.766. The topological polar surface area (TPSA) is 129 Å². The summed E-state index contributed by atoms with van der Waals surface area (Å²) in [7, 11) is -4.13. The fourth-order valence-electron chi connectivity index (χ4n) is 1.56. The molecule has 1 aromatic carbocycles. The van der Waals surface area contributed by atoms with Crippen LogP contribution in [0.2, 0.25) is 0 Å². The molecule has 0 atom stereocenters. The molecular weight excluding hydrogens is 350 g/mol. The summed E-state index contributed by atoms with van der Waals surface area (Å²) < 4.78 is 57.5. The van der Waals surface area contributed by atoms with Crippen molar-refractivity contribution in [1.82, 2.24) is 0 Å². The number of nitrogens with two attached hydrogens (primary N) is 1. The van der Waals surface area contributed by atoms with Crippen molar-refractivity contribution in [3.8, 4) is 0 Å². The van der Waals surface area contributed by atoms with Crippen molar-refractivity contribution in [3.63, 3.8) is 0 Å². The molecule has 3 N–H and O–H groups in total. The van der Waals surface area contributed by atoms with Crippen molar-refractivity contribution < 1.29 is 35.9 Å². The maximum absolute atomic E-state index is 13.3. The van der Waals surface area contributed by atoms with Crippen molar-refractivity contribution in [3.05, 3.63) is 47.7 Å². The molecule has 0 unspecified atom stereocenters. The van der Waals surface area contributed by atoms with Crippen molar-refractivity contribution in [2.45, 2.75) is 5.09 Å². The highest BCUT2D eigenvalue weighted by molar-refractivity contribution is 7.89. The highest BCUT2D eigenvalue weighted by Crippen LogP contribution is 2.16. The highest BCUT2D eigenvalue weighted by atomic mass is 32.2. The standard InChI is InChI=1S/C13H10F2N2O6S/c14-7-1-2-8(15)9(5-7)17-11(18)6-22-13(19)10-3-4-12(23-10)24(16,20)21/h1-5H,6H2,(H,17,18)(H2,16,20,21). The molecule has 2 rings (SSSR count). The molecule has 0 radical (unpaired) electrons. The van der Waals surface area contributed by atoms with Crippen LogP contribution in [0.25, 0.3) is 0 Å². The van der Waals surface area contributed by atoms with Crippen LogP contribution in [0.3, 0.4) is 0 Å². The average molecular weight is 360 g/mol. The first-order valence-electron chi connectivity index (χ1n) is 6.21. The minimum Gasteiger partial charge on any atom is -0.450 e. The van der Waals surface area contributed by atoms with Gasteiger partial charge < -0.3 is 14.5 Å². The van der Waals surface area contributed by atoms with Gasteiger partial charge in [0.05, 0.1) is 5.69 Å². The van der Waals surface area contributed by atoms with E-state index in [-0.39, 0.29) is 0 Å². The van der Waals surface area contributed by atoms with Crippen LogP contribution in [0.5, 0.6) is 0 Å². The fourth-order valence-corrected chi connectivity index (χ4v) is 2.03. The summed E-state index contributed by atoms with van der Waals surface area (Å²) in [5.74, 6) is -4.22. The van der Waals surface area contributed by atoms with Crippen LogP contribution in [0.15, 0.2) is 39.8 Å². The number of rotatable bonds is 5. The van der Waals surface area contributed by atoms with Gasteiger partial charge >= 0.3 is 5.97 Å². The summed E-state index contributed by atoms with van der Waals surface area (Å²) >= 11 is 0. The van der Waals surface area contributed by atoms with E-state index in [1.54, 1.807) is 0 Å². The van der Waals surface area contributed by atoms with Gasteiger partial charge in [-0.3, -0.25) is 4.79 Å². The van der Waals surface area contributed by atoms with E-state index in [9.17, 15) is 26.8 Å². The molecule has 1 amide bonds. The summed E-state index contributed by atoms with van der Waals surface area (Å²) in [5.41, 5.74) is -0.425. The van der Waals surface area contributed by atoms with E-state index in [0.29, 0.717) is 0 Å². The molecule has 0 spiro atoms. The molecule has 11 heteroatoms. The summed E-state index contributed by atoms with van der Waals surface area (Å²) in [6.45, 7) is -0.833. The lowest BCUT2D eigenvalue weighted by Gasteiger charge is -2.06. The predicted molar refractivity (Wildman–Crippen MR) is 75.4 cm³/mol. The number of carbonyl (C=O) groups excluding carboxylic acids is 2. The fraction of sp³-hybridized carbons (Fsp3) is 0.0769. The lowest BCUT2D eigenvalue weighted by molar-refractivity contribution is -0.119. The van der Waals surface area contributed by atoms with Gasteiger partial charge in [0.1, 0.15) is 11.6 Å². The largest absolute Gasteiger partial charge is 0.450 e. The number of hydrogen-bond donors (Lipinski definition) is 2. The Balaban J connectivity index is 1.95. The third-order valence-corrected chi connectivity index (χ3v) is 3.38. The molecule has 0 aliphatic rings. The van der Waals surface area contributed by atoms with Crippen LogP contribution in [0, 0.1) is 11.6 Å². The number of carbonyl (C=O) groups is 2. The smallest absolute Gasteiger partial charge is 0.374 e. The van der Waals surface area contributed by atoms with E-state index in [2.05, 4.69) is 9.15 Å². The number of nitrogens with one attached hydrogen (secondary N) is 1. The molecule has 24 heavy (non-hydrogen) atoms. The molecule has 0 saturated heterocycles. The Morgan fingerprint density at radius 1 is 1.21 bits per heavy atom. The minimum absolute atomic E-state index is 0.425. The first-order chi connectivity index (χ1) is 11.2. The van der Waals surface area contributed by atoms with E-state index in [0.717, 1.165) is 30.3 Å². The van der Waals surface area contributed by atoms with Crippen LogP contribution >= 0.6 is 0 Å². The Bertz CT molecular complexity index is 894. The van der Waals surface area contributed by atoms with Gasteiger partial charge in [-0.25, -0.2) is 27.1 Å². The first-order valence-corrected chi connectivity index (χ1v) is 7.76. The van der Waals surface area contributed by atoms with E-state index < -0.39 is 56.7 Å². The second-order valence-corrected chi connectivity index (χ2v) is 5.90. The second-order valence-electron chi connectivity index (χ2n) is 4.41. The van der Waals surface area contributed by atoms with Gasteiger partial charge in [-0.15, -0.1) is 0 Å². The van der Waals surface area contributed by atoms with Gasteiger partial charge in [-0.2, -0.15) is 0 Å². The maximum atomic E-state index is 13.3. The van der Waals surface area contributed by atoms with Crippen molar-refractivity contribution in [2.24, 2.45) is 5.14 Å². The van der Waals surface area contributed by atoms with Crippen LogP contribution in [0.1, 0.15) is 10.6 Å². The SMILES string of the molecule is NS(=O)(=O)c1ccc(C(=O)OCC(=O)Nc2cc(F)ccc2F)o1. The lowest BCUT2D eigenvalue weighted by Crippen LogP contribution is -2.21. The molecule has 0 aliphatic carbocycles. The third kappa shape index (κ3) is 4.36. The number of benzene rings is 1. The van der Waals surface area contributed by atoms with Gasteiger partial charge in [0, 0.05) is 6.07 Å². The van der Waals surface area contributed by atoms with E-state index >= 15 is 0 Å². The summed E-state index contributed by atoms with van der Waals surface area (Å²) in [5, 5.41) is 6.16. The number of furan rings is 1. The molecule has 1 aromatic heterocycles. The summed E-state index contributed by atoms with van der Waals surface area (Å²) in [6.07, 6.45) is 0. The number of esters is 1. The van der Waals surface area contributed by atoms with Crippen LogP contribution in [-0.2, 0) is 19.6 Å². The molecular formula is C13H10F2N2O6S. The monoisotopic (exact) mass is 360 g/mol. The van der Waals surface area contributed by atoms with Gasteiger partial charge in [0.15, 0.2) is 6.61 Å². The highest BCUT2D eigenvalue weighted by Gasteiger charge is 2.19. The molecule has 0 saturated carbocycles. The van der Waals surface area contributed by atoms with Crippen LogP contribution < -0.4 is 10.5 Å². The zero-order chi connectivity index (χ0) is 17.9. The zero-order valence-corrected chi connectivity index (χ0v) is 12.6. The first kappa shape index (κ1) is 17.6. The van der Waals surface area contributed by atoms with E-state index in [1.807, 2.05) is 5.32 Å². The number of primary sulfonamides is 1. The van der Waals surface area contributed by atoms with Crippen molar-refractivity contribution >= 4 is 27.6 Å². The van der Waals surface area contributed by atoms with E-state index in [4.69, 9.17) is 5.14 Å². The number of ether oxygens (including phenoxy) is 1. The maximum Gasteiger partial charge on any atom is 0.374 e. The van der Waals surface area contributed by atoms with Crippen molar-refractivity contribution in [1.29, 1.82) is 0 Å². The summed E-state index contributed by atoms with van der Waals surface area (Å²) in [6, 6.07) is 4.36. The average Bonchev–Trinajstić information content (AvgIpc) is 2.98. The van der Waals surface area contributed by atoms with Crippen LogP contribution in [-0.4, -0.2) is 26.9 Å². The number of amides is 1. The van der Waals surface area contributed by atoms with Gasteiger partial charge in [0.25, 0.3) is 15.9 Å². The molecule has 8 nitrogen and oxygen atoms in total. The molecule has 0 aliphatic heterocycles. The number of anilines is 1. The predicted octanol–water partition coefficient (Wildman–Crippen LogP) is 1.00. The van der Waals surface area contributed by atoms with Gasteiger partial charge in [0.2, 0.25) is 10.9 Å². The zero-order valence-electron chi connectivity index (χ0n) is 11.8. The third-order valence-electron chi connectivity index (χ3n) is 2.60. The molecule has 128 valence electrons. The number of sulfonamides is 1. The normalized spacial score (nSPS) is 11.1. The Morgan fingerprint density at radius 3 is 2.54 bits per heavy atom. The molecule has 0 bridgehead atoms. The van der Waals surface area contributed by atoms with Crippen molar-refractivity contribution in [2.75, 3.05) is 11.9 Å². The van der Waals surface area contributed by atoms with Crippen LogP contribution in [0.4, 0.5) is 14.5 Å². The Hall–Kier alpha value is -2.79.